The van der Waals surface area contributed by atoms with Crippen molar-refractivity contribution >= 4 is 11.6 Å². The molecule has 1 aromatic carbocycles. The molecule has 0 spiro atoms. The summed E-state index contributed by atoms with van der Waals surface area (Å²) in [6.07, 6.45) is 2.54. The minimum absolute atomic E-state index is 0.0178. The average Bonchev–Trinajstić information content (AvgIpc) is 2.23. The maximum Gasteiger partial charge on any atom is 0.258 e. The standard InChI is InChI=1S/C10H6ClFN2O/c11-8-3-1-2-6(9(8)12)7-4-13-5-14-10(7)15/h1-5H,(H,13,14,15). The molecule has 0 amide bonds. The Balaban J connectivity index is 2.70. The highest BCUT2D eigenvalue weighted by Crippen LogP contribution is 2.24. The lowest BCUT2D eigenvalue weighted by molar-refractivity contribution is 0.631. The third kappa shape index (κ3) is 1.76. The molecule has 1 aromatic heterocycles. The second-order valence-electron chi connectivity index (χ2n) is 2.90. The molecule has 0 aliphatic heterocycles. The monoisotopic (exact) mass is 224 g/mol. The van der Waals surface area contributed by atoms with Crippen LogP contribution >= 0.6 is 11.6 Å². The van der Waals surface area contributed by atoms with Crippen molar-refractivity contribution < 1.29 is 4.39 Å². The fourth-order valence-corrected chi connectivity index (χ4v) is 1.42. The first-order valence-corrected chi connectivity index (χ1v) is 4.55. The molecular formula is C10H6ClFN2O. The topological polar surface area (TPSA) is 45.8 Å². The second kappa shape index (κ2) is 3.82. The van der Waals surface area contributed by atoms with Crippen molar-refractivity contribution in [2.45, 2.75) is 0 Å². The van der Waals surface area contributed by atoms with Crippen LogP contribution in [-0.2, 0) is 0 Å². The molecule has 76 valence electrons. The highest BCUT2D eigenvalue weighted by molar-refractivity contribution is 6.31. The molecule has 0 unspecified atom stereocenters. The van der Waals surface area contributed by atoms with Gasteiger partial charge in [-0.3, -0.25) is 4.79 Å². The fourth-order valence-electron chi connectivity index (χ4n) is 1.25. The summed E-state index contributed by atoms with van der Waals surface area (Å²) >= 11 is 5.61. The third-order valence-electron chi connectivity index (χ3n) is 1.96. The van der Waals surface area contributed by atoms with Crippen molar-refractivity contribution in [3.8, 4) is 11.1 Å². The van der Waals surface area contributed by atoms with Crippen molar-refractivity contribution in [2.75, 3.05) is 0 Å². The van der Waals surface area contributed by atoms with Crippen molar-refractivity contribution in [2.24, 2.45) is 0 Å². The molecule has 0 saturated heterocycles. The van der Waals surface area contributed by atoms with Crippen LogP contribution < -0.4 is 5.56 Å². The number of aromatic nitrogens is 2. The fraction of sp³-hybridized carbons (Fsp3) is 0. The minimum Gasteiger partial charge on any atom is -0.313 e. The number of hydrogen-bond donors (Lipinski definition) is 1. The summed E-state index contributed by atoms with van der Waals surface area (Å²) in [7, 11) is 0. The van der Waals surface area contributed by atoms with Crippen LogP contribution in [0.1, 0.15) is 0 Å². The molecule has 0 aliphatic rings. The largest absolute Gasteiger partial charge is 0.313 e. The van der Waals surface area contributed by atoms with Gasteiger partial charge in [0.2, 0.25) is 0 Å². The predicted octanol–water partition coefficient (Wildman–Crippen LogP) is 2.23. The van der Waals surface area contributed by atoms with Gasteiger partial charge in [0.05, 0.1) is 16.9 Å². The van der Waals surface area contributed by atoms with E-state index in [1.807, 2.05) is 0 Å². The van der Waals surface area contributed by atoms with Crippen LogP contribution in [0.4, 0.5) is 4.39 Å². The molecule has 0 aliphatic carbocycles. The Kier molecular flexibility index (Phi) is 2.51. The van der Waals surface area contributed by atoms with Crippen LogP contribution in [0.5, 0.6) is 0 Å². The van der Waals surface area contributed by atoms with Gasteiger partial charge in [-0.25, -0.2) is 9.37 Å². The first-order valence-electron chi connectivity index (χ1n) is 4.17. The number of hydrogen-bond acceptors (Lipinski definition) is 2. The van der Waals surface area contributed by atoms with Gasteiger partial charge >= 0.3 is 0 Å². The molecule has 2 aromatic rings. The van der Waals surface area contributed by atoms with Gasteiger partial charge in [0, 0.05) is 11.8 Å². The van der Waals surface area contributed by atoms with Crippen LogP contribution in [0, 0.1) is 5.82 Å². The molecule has 0 atom stereocenters. The number of halogens is 2. The maximum atomic E-state index is 13.6. The molecule has 5 heteroatoms. The number of benzene rings is 1. The van der Waals surface area contributed by atoms with Crippen LogP contribution in [-0.4, -0.2) is 9.97 Å². The highest BCUT2D eigenvalue weighted by atomic mass is 35.5. The Bertz CT molecular complexity index is 553. The Morgan fingerprint density at radius 3 is 2.87 bits per heavy atom. The summed E-state index contributed by atoms with van der Waals surface area (Å²) in [6.45, 7) is 0. The Morgan fingerprint density at radius 1 is 1.33 bits per heavy atom. The molecule has 1 N–H and O–H groups in total. The van der Waals surface area contributed by atoms with Crippen molar-refractivity contribution in [3.63, 3.8) is 0 Å². The Labute approximate surface area is 89.6 Å². The zero-order valence-electron chi connectivity index (χ0n) is 7.50. The Morgan fingerprint density at radius 2 is 2.13 bits per heavy atom. The molecule has 0 saturated carbocycles. The summed E-state index contributed by atoms with van der Waals surface area (Å²) in [6, 6.07) is 4.48. The van der Waals surface area contributed by atoms with Crippen LogP contribution in [0.25, 0.3) is 11.1 Å². The quantitative estimate of drug-likeness (QED) is 0.808. The number of rotatable bonds is 1. The first-order chi connectivity index (χ1) is 7.20. The Hall–Kier alpha value is -1.68. The molecule has 0 bridgehead atoms. The lowest BCUT2D eigenvalue weighted by atomic mass is 10.1. The van der Waals surface area contributed by atoms with E-state index in [2.05, 4.69) is 9.97 Å². The normalized spacial score (nSPS) is 10.3. The third-order valence-corrected chi connectivity index (χ3v) is 2.25. The van der Waals surface area contributed by atoms with E-state index in [0.29, 0.717) is 0 Å². The summed E-state index contributed by atoms with van der Waals surface area (Å²) in [5, 5.41) is -0.0178. The van der Waals surface area contributed by atoms with Gasteiger partial charge in [-0.2, -0.15) is 0 Å². The number of aromatic amines is 1. The number of nitrogens with one attached hydrogen (secondary N) is 1. The molecule has 15 heavy (non-hydrogen) atoms. The summed E-state index contributed by atoms with van der Waals surface area (Å²) in [4.78, 5) is 17.5. The van der Waals surface area contributed by atoms with E-state index in [0.717, 1.165) is 0 Å². The first kappa shape index (κ1) is 9.86. The predicted molar refractivity (Wildman–Crippen MR) is 55.3 cm³/mol. The van der Waals surface area contributed by atoms with Crippen molar-refractivity contribution in [1.82, 2.24) is 9.97 Å². The highest BCUT2D eigenvalue weighted by Gasteiger charge is 2.11. The molecule has 2 rings (SSSR count). The minimum atomic E-state index is -0.613. The van der Waals surface area contributed by atoms with Crippen molar-refractivity contribution in [3.05, 3.63) is 51.9 Å². The SMILES string of the molecule is O=c1[nH]cncc1-c1cccc(Cl)c1F. The lowest BCUT2D eigenvalue weighted by Gasteiger charge is -2.02. The van der Waals surface area contributed by atoms with Gasteiger partial charge in [-0.15, -0.1) is 0 Å². The molecule has 0 fully saturated rings. The van der Waals surface area contributed by atoms with E-state index >= 15 is 0 Å². The van der Waals surface area contributed by atoms with E-state index in [9.17, 15) is 9.18 Å². The van der Waals surface area contributed by atoms with Gasteiger partial charge < -0.3 is 4.98 Å². The maximum absolute atomic E-state index is 13.6. The van der Waals surface area contributed by atoms with Gasteiger partial charge in [-0.05, 0) is 6.07 Å². The summed E-state index contributed by atoms with van der Waals surface area (Å²) in [5.41, 5.74) is -0.0829. The van der Waals surface area contributed by atoms with Gasteiger partial charge in [0.15, 0.2) is 0 Å². The van der Waals surface area contributed by atoms with E-state index < -0.39 is 11.4 Å². The van der Waals surface area contributed by atoms with Gasteiger partial charge in [-0.1, -0.05) is 23.7 Å². The summed E-state index contributed by atoms with van der Waals surface area (Å²) < 4.78 is 13.6. The van der Waals surface area contributed by atoms with E-state index in [1.165, 1.54) is 24.7 Å². The molecule has 3 nitrogen and oxygen atoms in total. The molecule has 0 radical (unpaired) electrons. The van der Waals surface area contributed by atoms with Crippen LogP contribution in [0.2, 0.25) is 5.02 Å². The average molecular weight is 225 g/mol. The van der Waals surface area contributed by atoms with E-state index in [-0.39, 0.29) is 16.1 Å². The van der Waals surface area contributed by atoms with E-state index in [1.54, 1.807) is 6.07 Å². The molecular weight excluding hydrogens is 219 g/mol. The van der Waals surface area contributed by atoms with Crippen molar-refractivity contribution in [1.29, 1.82) is 0 Å². The lowest BCUT2D eigenvalue weighted by Crippen LogP contribution is -2.09. The number of nitrogens with zero attached hydrogens (tertiary/aromatic N) is 1. The van der Waals surface area contributed by atoms with Gasteiger partial charge in [0.1, 0.15) is 5.82 Å². The van der Waals surface area contributed by atoms with Gasteiger partial charge in [0.25, 0.3) is 5.56 Å². The smallest absolute Gasteiger partial charge is 0.258 e. The summed E-state index contributed by atoms with van der Waals surface area (Å²) in [5.74, 6) is -0.613. The molecule has 1 heterocycles. The van der Waals surface area contributed by atoms with Crippen LogP contribution in [0.3, 0.4) is 0 Å². The number of H-pyrrole nitrogens is 1. The second-order valence-corrected chi connectivity index (χ2v) is 3.30. The van der Waals surface area contributed by atoms with E-state index in [4.69, 9.17) is 11.6 Å². The zero-order valence-corrected chi connectivity index (χ0v) is 8.25. The zero-order chi connectivity index (χ0) is 10.8. The van der Waals surface area contributed by atoms with Crippen LogP contribution in [0.15, 0.2) is 35.5 Å².